The molecular formula is C15H32N2O2S. The maximum absolute atomic E-state index is 11.9. The van der Waals surface area contributed by atoms with E-state index in [1.54, 1.807) is 6.92 Å². The van der Waals surface area contributed by atoms with E-state index in [-0.39, 0.29) is 17.2 Å². The lowest BCUT2D eigenvalue weighted by molar-refractivity contribution is 0.140. The van der Waals surface area contributed by atoms with Gasteiger partial charge in [-0.15, -0.1) is 0 Å². The van der Waals surface area contributed by atoms with Gasteiger partial charge in [0.15, 0.2) is 0 Å². The largest absolute Gasteiger partial charge is 0.302 e. The highest BCUT2D eigenvalue weighted by atomic mass is 32.2. The highest BCUT2D eigenvalue weighted by Gasteiger charge is 2.31. The van der Waals surface area contributed by atoms with Gasteiger partial charge >= 0.3 is 0 Å². The summed E-state index contributed by atoms with van der Waals surface area (Å²) in [5.41, 5.74) is -0.0656. The molecule has 1 N–H and O–H groups in total. The van der Waals surface area contributed by atoms with Crippen molar-refractivity contribution in [3.05, 3.63) is 0 Å². The molecule has 0 saturated carbocycles. The Morgan fingerprint density at radius 1 is 1.20 bits per heavy atom. The maximum atomic E-state index is 11.9. The van der Waals surface area contributed by atoms with Crippen molar-refractivity contribution in [1.29, 1.82) is 0 Å². The molecule has 1 rings (SSSR count). The normalized spacial score (nSPS) is 21.1. The third kappa shape index (κ3) is 5.70. The Kier molecular flexibility index (Phi) is 6.48. The molecule has 4 nitrogen and oxygen atoms in total. The molecule has 1 aliphatic rings. The lowest BCUT2D eigenvalue weighted by Gasteiger charge is -2.38. The van der Waals surface area contributed by atoms with Crippen LogP contribution < -0.4 is 4.72 Å². The van der Waals surface area contributed by atoms with E-state index in [0.29, 0.717) is 0 Å². The molecule has 1 heterocycles. The fourth-order valence-electron chi connectivity index (χ4n) is 2.62. The number of hydrogen-bond acceptors (Lipinski definition) is 3. The van der Waals surface area contributed by atoms with Gasteiger partial charge in [-0.1, -0.05) is 34.1 Å². The monoisotopic (exact) mass is 304 g/mol. The van der Waals surface area contributed by atoms with E-state index in [2.05, 4.69) is 37.3 Å². The van der Waals surface area contributed by atoms with Crippen LogP contribution in [-0.2, 0) is 10.0 Å². The number of nitrogens with one attached hydrogen (secondary N) is 1. The zero-order valence-electron chi connectivity index (χ0n) is 13.8. The minimum absolute atomic E-state index is 0.0226. The number of nitrogens with zero attached hydrogens (tertiary/aromatic N) is 1. The SMILES string of the molecule is CCC1CCN(CC(NS(=O)(=O)CC)C(C)(C)C)CC1. The number of piperidine rings is 1. The van der Waals surface area contributed by atoms with Crippen LogP contribution in [-0.4, -0.2) is 44.7 Å². The summed E-state index contributed by atoms with van der Waals surface area (Å²) in [7, 11) is -3.14. The minimum atomic E-state index is -3.14. The molecule has 0 aromatic heterocycles. The molecule has 1 unspecified atom stereocenters. The van der Waals surface area contributed by atoms with E-state index in [4.69, 9.17) is 0 Å². The van der Waals surface area contributed by atoms with E-state index < -0.39 is 10.0 Å². The smallest absolute Gasteiger partial charge is 0.211 e. The van der Waals surface area contributed by atoms with Crippen LogP contribution in [0, 0.1) is 11.3 Å². The zero-order chi connectivity index (χ0) is 15.4. The summed E-state index contributed by atoms with van der Waals surface area (Å²) in [6.45, 7) is 13.3. The van der Waals surface area contributed by atoms with Crippen LogP contribution in [0.4, 0.5) is 0 Å². The minimum Gasteiger partial charge on any atom is -0.302 e. The highest BCUT2D eigenvalue weighted by Crippen LogP contribution is 2.24. The number of likely N-dealkylation sites (tertiary alicyclic amines) is 1. The van der Waals surface area contributed by atoms with Crippen LogP contribution in [0.2, 0.25) is 0 Å². The first-order valence-corrected chi connectivity index (χ1v) is 9.55. The van der Waals surface area contributed by atoms with Gasteiger partial charge in [-0.3, -0.25) is 0 Å². The van der Waals surface area contributed by atoms with Crippen molar-refractivity contribution < 1.29 is 8.42 Å². The van der Waals surface area contributed by atoms with Crippen LogP contribution in [0.25, 0.3) is 0 Å². The molecule has 1 saturated heterocycles. The Morgan fingerprint density at radius 3 is 2.15 bits per heavy atom. The standard InChI is InChI=1S/C15H32N2O2S/c1-6-13-8-10-17(11-9-13)12-14(15(3,4)5)16-20(18,19)7-2/h13-14,16H,6-12H2,1-5H3. The van der Waals surface area contributed by atoms with Crippen molar-refractivity contribution in [2.24, 2.45) is 11.3 Å². The predicted molar refractivity (Wildman–Crippen MR) is 85.3 cm³/mol. The van der Waals surface area contributed by atoms with E-state index >= 15 is 0 Å². The van der Waals surface area contributed by atoms with Crippen LogP contribution >= 0.6 is 0 Å². The Balaban J connectivity index is 2.63. The average Bonchev–Trinajstić information content (AvgIpc) is 2.37. The van der Waals surface area contributed by atoms with Crippen molar-refractivity contribution in [2.75, 3.05) is 25.4 Å². The summed E-state index contributed by atoms with van der Waals surface area (Å²) in [5.74, 6) is 1.00. The van der Waals surface area contributed by atoms with E-state index in [1.807, 2.05) is 0 Å². The van der Waals surface area contributed by atoms with Crippen molar-refractivity contribution in [2.45, 2.75) is 59.9 Å². The molecule has 1 aliphatic heterocycles. The fourth-order valence-corrected chi connectivity index (χ4v) is 3.65. The Hall–Kier alpha value is -0.130. The van der Waals surface area contributed by atoms with E-state index in [9.17, 15) is 8.42 Å². The van der Waals surface area contributed by atoms with Gasteiger partial charge in [-0.05, 0) is 44.2 Å². The number of sulfonamides is 1. The van der Waals surface area contributed by atoms with Gasteiger partial charge in [-0.2, -0.15) is 0 Å². The first-order chi connectivity index (χ1) is 9.18. The quantitative estimate of drug-likeness (QED) is 0.820. The van der Waals surface area contributed by atoms with Crippen molar-refractivity contribution in [3.63, 3.8) is 0 Å². The highest BCUT2D eigenvalue weighted by molar-refractivity contribution is 7.89. The molecule has 0 amide bonds. The molecule has 0 spiro atoms. The second kappa shape index (κ2) is 7.23. The summed E-state index contributed by atoms with van der Waals surface area (Å²) in [5, 5.41) is 0. The van der Waals surface area contributed by atoms with Gasteiger partial charge in [0.1, 0.15) is 0 Å². The zero-order valence-corrected chi connectivity index (χ0v) is 14.6. The lowest BCUT2D eigenvalue weighted by Crippen LogP contribution is -2.52. The summed E-state index contributed by atoms with van der Waals surface area (Å²) in [6, 6.07) is -0.0226. The molecule has 0 aromatic carbocycles. The van der Waals surface area contributed by atoms with Crippen molar-refractivity contribution in [1.82, 2.24) is 9.62 Å². The molecule has 0 aliphatic carbocycles. The van der Waals surface area contributed by atoms with E-state index in [1.165, 1.54) is 19.3 Å². The summed E-state index contributed by atoms with van der Waals surface area (Å²) in [4.78, 5) is 2.42. The number of hydrogen-bond donors (Lipinski definition) is 1. The Bertz CT molecular complexity index is 379. The van der Waals surface area contributed by atoms with Crippen LogP contribution in [0.5, 0.6) is 0 Å². The molecule has 20 heavy (non-hydrogen) atoms. The molecule has 0 radical (unpaired) electrons. The molecule has 0 bridgehead atoms. The van der Waals surface area contributed by atoms with Gasteiger partial charge in [0.2, 0.25) is 10.0 Å². The Morgan fingerprint density at radius 2 is 1.75 bits per heavy atom. The summed E-state index contributed by atoms with van der Waals surface area (Å²) >= 11 is 0. The number of rotatable bonds is 6. The van der Waals surface area contributed by atoms with Crippen molar-refractivity contribution in [3.8, 4) is 0 Å². The first kappa shape index (κ1) is 17.9. The molecule has 1 atom stereocenters. The van der Waals surface area contributed by atoms with Gasteiger partial charge in [0, 0.05) is 12.6 Å². The third-order valence-electron chi connectivity index (χ3n) is 4.47. The average molecular weight is 305 g/mol. The van der Waals surface area contributed by atoms with Crippen molar-refractivity contribution >= 4 is 10.0 Å². The molecular weight excluding hydrogens is 272 g/mol. The fraction of sp³-hybridized carbons (Fsp3) is 1.00. The molecule has 0 aromatic rings. The summed E-state index contributed by atoms with van der Waals surface area (Å²) in [6.07, 6.45) is 3.75. The van der Waals surface area contributed by atoms with Gasteiger partial charge in [-0.25, -0.2) is 13.1 Å². The van der Waals surface area contributed by atoms with Crippen LogP contribution in [0.3, 0.4) is 0 Å². The maximum Gasteiger partial charge on any atom is 0.211 e. The van der Waals surface area contributed by atoms with Crippen LogP contribution in [0.15, 0.2) is 0 Å². The van der Waals surface area contributed by atoms with Crippen LogP contribution in [0.1, 0.15) is 53.9 Å². The topological polar surface area (TPSA) is 49.4 Å². The lowest BCUT2D eigenvalue weighted by atomic mass is 9.86. The Labute approximate surface area is 125 Å². The van der Waals surface area contributed by atoms with E-state index in [0.717, 1.165) is 25.6 Å². The van der Waals surface area contributed by atoms with Gasteiger partial charge in [0.25, 0.3) is 0 Å². The second-order valence-electron chi connectivity index (χ2n) is 7.09. The third-order valence-corrected chi connectivity index (χ3v) is 5.88. The molecule has 5 heteroatoms. The first-order valence-electron chi connectivity index (χ1n) is 7.90. The molecule has 120 valence electrons. The van der Waals surface area contributed by atoms with Gasteiger partial charge < -0.3 is 4.90 Å². The van der Waals surface area contributed by atoms with Gasteiger partial charge in [0.05, 0.1) is 5.75 Å². The molecule has 1 fully saturated rings. The summed E-state index contributed by atoms with van der Waals surface area (Å²) < 4.78 is 26.6. The predicted octanol–water partition coefficient (Wildman–Crippen LogP) is 2.46. The second-order valence-corrected chi connectivity index (χ2v) is 9.13.